The van der Waals surface area contributed by atoms with E-state index in [9.17, 15) is 18.0 Å². The van der Waals surface area contributed by atoms with Gasteiger partial charge in [0.15, 0.2) is 17.5 Å². The van der Waals surface area contributed by atoms with Crippen molar-refractivity contribution in [3.8, 4) is 16.3 Å². The maximum atomic E-state index is 13.9. The van der Waals surface area contributed by atoms with Gasteiger partial charge in [-0.2, -0.15) is 5.10 Å². The summed E-state index contributed by atoms with van der Waals surface area (Å²) in [5, 5.41) is 8.61. The second-order valence-corrected chi connectivity index (χ2v) is 6.77. The molecule has 0 aliphatic carbocycles. The Hall–Kier alpha value is -3.39. The first-order valence-corrected chi connectivity index (χ1v) is 9.06. The molecule has 2 aromatic carbocycles. The first-order chi connectivity index (χ1) is 13.5. The van der Waals surface area contributed by atoms with E-state index in [1.54, 1.807) is 6.07 Å². The summed E-state index contributed by atoms with van der Waals surface area (Å²) in [4.78, 5) is 13.5. The molecule has 0 fully saturated rings. The normalized spacial score (nSPS) is 10.8. The monoisotopic (exact) mass is 399 g/mol. The van der Waals surface area contributed by atoms with E-state index in [-0.39, 0.29) is 5.56 Å². The van der Waals surface area contributed by atoms with Crippen LogP contribution >= 0.6 is 11.3 Å². The zero-order chi connectivity index (χ0) is 19.7. The van der Waals surface area contributed by atoms with E-state index < -0.39 is 29.0 Å². The molecule has 2 heterocycles. The van der Waals surface area contributed by atoms with Gasteiger partial charge in [0.05, 0.1) is 21.8 Å². The van der Waals surface area contributed by atoms with Gasteiger partial charge >= 0.3 is 0 Å². The molecule has 0 bridgehead atoms. The molecule has 1 amide bonds. The van der Waals surface area contributed by atoms with Crippen LogP contribution in [-0.2, 0) is 0 Å². The summed E-state index contributed by atoms with van der Waals surface area (Å²) in [6, 6.07) is 14.5. The van der Waals surface area contributed by atoms with Crippen molar-refractivity contribution in [2.24, 2.45) is 0 Å². The van der Waals surface area contributed by atoms with Gasteiger partial charge in [0.1, 0.15) is 5.69 Å². The van der Waals surface area contributed by atoms with E-state index in [0.29, 0.717) is 5.69 Å². The zero-order valence-corrected chi connectivity index (χ0v) is 15.0. The van der Waals surface area contributed by atoms with Gasteiger partial charge in [-0.25, -0.2) is 17.9 Å². The summed E-state index contributed by atoms with van der Waals surface area (Å²) in [5.74, 6) is -5.11. The third-order valence-electron chi connectivity index (χ3n) is 4.02. The summed E-state index contributed by atoms with van der Waals surface area (Å²) >= 11 is 1.39. The number of anilines is 1. The predicted octanol–water partition coefficient (Wildman–Crippen LogP) is 5.27. The molecule has 0 aliphatic rings. The second kappa shape index (κ2) is 7.32. The molecule has 4 nitrogen and oxygen atoms in total. The van der Waals surface area contributed by atoms with E-state index in [0.717, 1.165) is 22.7 Å². The highest BCUT2D eigenvalue weighted by atomic mass is 32.1. The van der Waals surface area contributed by atoms with Crippen molar-refractivity contribution < 1.29 is 18.0 Å². The predicted molar refractivity (Wildman–Crippen MR) is 101 cm³/mol. The molecule has 0 saturated carbocycles. The van der Waals surface area contributed by atoms with Gasteiger partial charge in [0.2, 0.25) is 0 Å². The van der Waals surface area contributed by atoms with Crippen molar-refractivity contribution in [1.29, 1.82) is 0 Å². The lowest BCUT2D eigenvalue weighted by Crippen LogP contribution is -2.14. The molecule has 4 rings (SSSR count). The summed E-state index contributed by atoms with van der Waals surface area (Å²) < 4.78 is 42.0. The molecule has 4 aromatic rings. The smallest absolute Gasteiger partial charge is 0.259 e. The SMILES string of the molecule is O=C(Nc1ccc(F)c(F)c1F)c1cn(-c2ccccc2)nc1-c1cccs1. The number of benzene rings is 2. The molecule has 0 saturated heterocycles. The molecule has 1 N–H and O–H groups in total. The summed E-state index contributed by atoms with van der Waals surface area (Å²) in [7, 11) is 0. The number of carbonyl (C=O) groups is 1. The number of hydrogen-bond acceptors (Lipinski definition) is 3. The largest absolute Gasteiger partial charge is 0.319 e. The number of aromatic nitrogens is 2. The fourth-order valence-corrected chi connectivity index (χ4v) is 3.38. The molecule has 2 aromatic heterocycles. The first-order valence-electron chi connectivity index (χ1n) is 8.18. The van der Waals surface area contributed by atoms with Crippen LogP contribution in [0.4, 0.5) is 18.9 Å². The summed E-state index contributed by atoms with van der Waals surface area (Å²) in [6.45, 7) is 0. The van der Waals surface area contributed by atoms with Crippen molar-refractivity contribution in [1.82, 2.24) is 9.78 Å². The number of halogens is 3. The lowest BCUT2D eigenvalue weighted by atomic mass is 10.2. The van der Waals surface area contributed by atoms with Crippen molar-refractivity contribution in [3.05, 3.63) is 89.2 Å². The highest BCUT2D eigenvalue weighted by Crippen LogP contribution is 2.29. The molecule has 0 atom stereocenters. The van der Waals surface area contributed by atoms with E-state index in [1.165, 1.54) is 22.2 Å². The Morgan fingerprint density at radius 3 is 2.46 bits per heavy atom. The Bertz CT molecular complexity index is 1140. The molecule has 0 aliphatic heterocycles. The fraction of sp³-hybridized carbons (Fsp3) is 0. The van der Waals surface area contributed by atoms with Gasteiger partial charge in [-0.15, -0.1) is 11.3 Å². The third kappa shape index (κ3) is 3.29. The standard InChI is InChI=1S/C20H12F3N3OS/c21-14-8-9-15(18(23)17(14)22)24-20(27)13-11-26(12-5-2-1-3-6-12)25-19(13)16-7-4-10-28-16/h1-11H,(H,24,27). The highest BCUT2D eigenvalue weighted by Gasteiger charge is 2.22. The van der Waals surface area contributed by atoms with Gasteiger partial charge in [0, 0.05) is 6.20 Å². The van der Waals surface area contributed by atoms with Crippen LogP contribution in [0.5, 0.6) is 0 Å². The minimum atomic E-state index is -1.64. The van der Waals surface area contributed by atoms with Crippen LogP contribution in [0, 0.1) is 17.5 Å². The number of nitrogens with zero attached hydrogens (tertiary/aromatic N) is 2. The van der Waals surface area contributed by atoms with Crippen LogP contribution in [0.2, 0.25) is 0 Å². The summed E-state index contributed by atoms with van der Waals surface area (Å²) in [5.41, 5.74) is 0.863. The van der Waals surface area contributed by atoms with E-state index in [2.05, 4.69) is 10.4 Å². The van der Waals surface area contributed by atoms with E-state index in [1.807, 2.05) is 41.8 Å². The number of amides is 1. The topological polar surface area (TPSA) is 46.9 Å². The van der Waals surface area contributed by atoms with Crippen molar-refractivity contribution in [3.63, 3.8) is 0 Å². The summed E-state index contributed by atoms with van der Waals surface area (Å²) in [6.07, 6.45) is 1.51. The van der Waals surface area contributed by atoms with E-state index >= 15 is 0 Å². The molecular formula is C20H12F3N3OS. The Morgan fingerprint density at radius 2 is 1.75 bits per heavy atom. The molecule has 140 valence electrons. The highest BCUT2D eigenvalue weighted by molar-refractivity contribution is 7.13. The third-order valence-corrected chi connectivity index (χ3v) is 4.89. The van der Waals surface area contributed by atoms with E-state index in [4.69, 9.17) is 0 Å². The molecule has 0 unspecified atom stereocenters. The molecule has 0 radical (unpaired) electrons. The molecular weight excluding hydrogens is 387 g/mol. The Kier molecular flexibility index (Phi) is 4.70. The number of hydrogen-bond donors (Lipinski definition) is 1. The maximum Gasteiger partial charge on any atom is 0.259 e. The Morgan fingerprint density at radius 1 is 0.964 bits per heavy atom. The minimum Gasteiger partial charge on any atom is -0.319 e. The number of nitrogens with one attached hydrogen (secondary N) is 1. The van der Waals surface area contributed by atoms with Gasteiger partial charge < -0.3 is 5.32 Å². The minimum absolute atomic E-state index is 0.176. The maximum absolute atomic E-state index is 13.9. The number of thiophene rings is 1. The average molecular weight is 399 g/mol. The quantitative estimate of drug-likeness (QED) is 0.475. The fourth-order valence-electron chi connectivity index (χ4n) is 2.66. The van der Waals surface area contributed by atoms with Gasteiger partial charge in [-0.05, 0) is 35.7 Å². The Labute approximate surface area is 161 Å². The Balaban J connectivity index is 1.75. The number of para-hydroxylation sites is 1. The van der Waals surface area contributed by atoms with Crippen LogP contribution in [0.1, 0.15) is 10.4 Å². The van der Waals surface area contributed by atoms with Gasteiger partial charge in [0.25, 0.3) is 5.91 Å². The van der Waals surface area contributed by atoms with Crippen LogP contribution in [-0.4, -0.2) is 15.7 Å². The van der Waals surface area contributed by atoms with Crippen molar-refractivity contribution in [2.45, 2.75) is 0 Å². The number of rotatable bonds is 4. The molecule has 28 heavy (non-hydrogen) atoms. The van der Waals surface area contributed by atoms with Crippen molar-refractivity contribution >= 4 is 22.9 Å². The van der Waals surface area contributed by atoms with Crippen LogP contribution < -0.4 is 5.32 Å². The average Bonchev–Trinajstić information content (AvgIpc) is 3.38. The number of carbonyl (C=O) groups excluding carboxylic acids is 1. The lowest BCUT2D eigenvalue weighted by Gasteiger charge is -2.07. The van der Waals surface area contributed by atoms with Crippen LogP contribution in [0.15, 0.2) is 66.2 Å². The van der Waals surface area contributed by atoms with Gasteiger partial charge in [-0.3, -0.25) is 4.79 Å². The molecule has 8 heteroatoms. The zero-order valence-electron chi connectivity index (χ0n) is 14.2. The van der Waals surface area contributed by atoms with Crippen LogP contribution in [0.25, 0.3) is 16.3 Å². The van der Waals surface area contributed by atoms with Gasteiger partial charge in [-0.1, -0.05) is 24.3 Å². The second-order valence-electron chi connectivity index (χ2n) is 5.83. The van der Waals surface area contributed by atoms with Crippen molar-refractivity contribution in [2.75, 3.05) is 5.32 Å². The lowest BCUT2D eigenvalue weighted by molar-refractivity contribution is 0.102. The van der Waals surface area contributed by atoms with Crippen LogP contribution in [0.3, 0.4) is 0 Å². The molecule has 0 spiro atoms. The first kappa shape index (κ1) is 18.0.